The van der Waals surface area contributed by atoms with Crippen molar-refractivity contribution in [3.8, 4) is 17.0 Å². The van der Waals surface area contributed by atoms with Crippen LogP contribution in [0.15, 0.2) is 30.6 Å². The van der Waals surface area contributed by atoms with E-state index in [4.69, 9.17) is 24.1 Å². The summed E-state index contributed by atoms with van der Waals surface area (Å²) >= 11 is 0. The zero-order valence-corrected chi connectivity index (χ0v) is 23.5. The highest BCUT2D eigenvalue weighted by molar-refractivity contribution is 6.74. The number of hydrogen-bond donors (Lipinski definition) is 1. The smallest absolute Gasteiger partial charge is 0.250 e. The predicted molar refractivity (Wildman–Crippen MR) is 145 cm³/mol. The van der Waals surface area contributed by atoms with Crippen LogP contribution in [0.25, 0.3) is 22.2 Å². The number of unbranched alkanes of at least 4 members (excludes halogenated alkanes) is 1. The first-order chi connectivity index (χ1) is 17.2. The summed E-state index contributed by atoms with van der Waals surface area (Å²) in [7, 11) is -1.97. The van der Waals surface area contributed by atoms with E-state index in [2.05, 4.69) is 68.0 Å². The third-order valence-corrected chi connectivity index (χ3v) is 11.7. The lowest BCUT2D eigenvalue weighted by atomic mass is 10.1. The molecule has 8 nitrogen and oxygen atoms in total. The molecule has 0 saturated carbocycles. The van der Waals surface area contributed by atoms with Crippen molar-refractivity contribution in [2.75, 3.05) is 26.4 Å². The van der Waals surface area contributed by atoms with E-state index in [1.165, 1.54) is 0 Å². The minimum Gasteiger partial charge on any atom is -0.543 e. The first-order valence-corrected chi connectivity index (χ1v) is 16.1. The number of aryl methyl sites for hydroxylation is 1. The highest BCUT2D eigenvalue weighted by Gasteiger charge is 2.39. The molecule has 1 aromatic carbocycles. The largest absolute Gasteiger partial charge is 0.543 e. The van der Waals surface area contributed by atoms with Gasteiger partial charge in [0.15, 0.2) is 6.23 Å². The summed E-state index contributed by atoms with van der Waals surface area (Å²) in [6, 6.07) is 6.35. The van der Waals surface area contributed by atoms with Crippen molar-refractivity contribution in [2.45, 2.75) is 83.8 Å². The van der Waals surface area contributed by atoms with E-state index in [0.29, 0.717) is 13.2 Å². The molecular formula is C27H42N4O4Si. The van der Waals surface area contributed by atoms with Crippen LogP contribution in [0, 0.1) is 0 Å². The summed E-state index contributed by atoms with van der Waals surface area (Å²) in [6.07, 6.45) is 9.04. The maximum atomic E-state index is 8.82. The molecular weight excluding hydrogens is 472 g/mol. The molecule has 0 amide bonds. The minimum atomic E-state index is -1.97. The molecule has 0 aliphatic carbocycles. The van der Waals surface area contributed by atoms with Crippen molar-refractivity contribution in [3.05, 3.63) is 30.6 Å². The third kappa shape index (κ3) is 6.19. The maximum Gasteiger partial charge on any atom is 0.250 e. The van der Waals surface area contributed by atoms with E-state index in [1.54, 1.807) is 0 Å². The second kappa shape index (κ2) is 11.5. The number of fused-ring (bicyclic) bond motifs is 1. The summed E-state index contributed by atoms with van der Waals surface area (Å²) in [5.74, 6) is 0.898. The number of nitrogens with zero attached hydrogens (tertiary/aromatic N) is 4. The molecule has 0 radical (unpaired) electrons. The van der Waals surface area contributed by atoms with Gasteiger partial charge in [-0.1, -0.05) is 20.8 Å². The van der Waals surface area contributed by atoms with Gasteiger partial charge < -0.3 is 19.0 Å². The average Bonchev–Trinajstić information content (AvgIpc) is 3.45. The minimum absolute atomic E-state index is 0.0453. The van der Waals surface area contributed by atoms with Gasteiger partial charge in [0.05, 0.1) is 24.9 Å². The van der Waals surface area contributed by atoms with E-state index in [1.807, 2.05) is 10.9 Å². The Morgan fingerprint density at radius 3 is 2.72 bits per heavy atom. The van der Waals surface area contributed by atoms with Gasteiger partial charge in [-0.05, 0) is 68.4 Å². The Bertz CT molecular complexity index is 1130. The number of hydrogen-bond acceptors (Lipinski definition) is 6. The van der Waals surface area contributed by atoms with Gasteiger partial charge in [-0.2, -0.15) is 10.2 Å². The lowest BCUT2D eigenvalue weighted by Gasteiger charge is -2.36. The van der Waals surface area contributed by atoms with Gasteiger partial charge in [-0.15, -0.1) is 0 Å². The quantitative estimate of drug-likeness (QED) is 0.258. The second-order valence-corrected chi connectivity index (χ2v) is 15.9. The lowest BCUT2D eigenvalue weighted by Crippen LogP contribution is -2.43. The molecule has 1 fully saturated rings. The van der Waals surface area contributed by atoms with Gasteiger partial charge in [0.25, 0.3) is 0 Å². The molecule has 1 aliphatic rings. The molecule has 0 spiro atoms. The predicted octanol–water partition coefficient (Wildman–Crippen LogP) is 5.77. The number of benzene rings is 1. The standard InChI is InChI=1S/C27H42N4O4Si/c1-27(2,3)36(4,5)35-22-11-12-24-23(18-22)26(29-31(24)25-10-6-8-16-34-25)21-19-28-30(20-21)13-7-9-15-33-17-14-32/h11-12,18-20,25,32H,6-10,13-17H2,1-5H3. The average molecular weight is 515 g/mol. The summed E-state index contributed by atoms with van der Waals surface area (Å²) in [6.45, 7) is 14.0. The van der Waals surface area contributed by atoms with Crippen molar-refractivity contribution in [3.63, 3.8) is 0 Å². The van der Waals surface area contributed by atoms with Crippen LogP contribution in [0.5, 0.6) is 5.75 Å². The Hall–Kier alpha value is -2.20. The molecule has 198 valence electrons. The monoisotopic (exact) mass is 514 g/mol. The van der Waals surface area contributed by atoms with Crippen molar-refractivity contribution in [1.29, 1.82) is 0 Å². The van der Waals surface area contributed by atoms with E-state index in [9.17, 15) is 0 Å². The lowest BCUT2D eigenvalue weighted by molar-refractivity contribution is -0.0365. The molecule has 3 aromatic rings. The van der Waals surface area contributed by atoms with Gasteiger partial charge in [-0.3, -0.25) is 4.68 Å². The fourth-order valence-electron chi connectivity index (χ4n) is 4.23. The Kier molecular flexibility index (Phi) is 8.54. The number of aliphatic hydroxyl groups excluding tert-OH is 1. The second-order valence-electron chi connectivity index (χ2n) is 11.2. The van der Waals surface area contributed by atoms with Crippen LogP contribution < -0.4 is 4.43 Å². The highest BCUT2D eigenvalue weighted by Crippen LogP contribution is 2.39. The molecule has 1 unspecified atom stereocenters. The van der Waals surface area contributed by atoms with Gasteiger partial charge in [-0.25, -0.2) is 4.68 Å². The fourth-order valence-corrected chi connectivity index (χ4v) is 5.26. The van der Waals surface area contributed by atoms with Gasteiger partial charge >= 0.3 is 0 Å². The molecule has 1 N–H and O–H groups in total. The van der Waals surface area contributed by atoms with Crippen LogP contribution >= 0.6 is 0 Å². The van der Waals surface area contributed by atoms with E-state index >= 15 is 0 Å². The summed E-state index contributed by atoms with van der Waals surface area (Å²) in [4.78, 5) is 0. The van der Waals surface area contributed by atoms with Crippen LogP contribution in [0.1, 0.15) is 59.1 Å². The first kappa shape index (κ1) is 26.8. The molecule has 9 heteroatoms. The maximum absolute atomic E-state index is 8.82. The van der Waals surface area contributed by atoms with Gasteiger partial charge in [0.1, 0.15) is 11.4 Å². The van der Waals surface area contributed by atoms with Crippen LogP contribution in [0.4, 0.5) is 0 Å². The Morgan fingerprint density at radius 2 is 2.00 bits per heavy atom. The number of ether oxygens (including phenoxy) is 2. The fraction of sp³-hybridized carbons (Fsp3) is 0.630. The zero-order valence-electron chi connectivity index (χ0n) is 22.5. The van der Waals surface area contributed by atoms with Crippen LogP contribution in [0.2, 0.25) is 18.1 Å². The Labute approximate surface area is 215 Å². The number of aliphatic hydroxyl groups is 1. The summed E-state index contributed by atoms with van der Waals surface area (Å²) in [5, 5.41) is 19.7. The van der Waals surface area contributed by atoms with E-state index in [0.717, 1.165) is 73.2 Å². The molecule has 36 heavy (non-hydrogen) atoms. The van der Waals surface area contributed by atoms with Gasteiger partial charge in [0, 0.05) is 36.9 Å². The van der Waals surface area contributed by atoms with Crippen LogP contribution in [-0.2, 0) is 16.0 Å². The highest BCUT2D eigenvalue weighted by atomic mass is 28.4. The summed E-state index contributed by atoms with van der Waals surface area (Å²) in [5.41, 5.74) is 2.97. The number of rotatable bonds is 11. The molecule has 4 rings (SSSR count). The van der Waals surface area contributed by atoms with Crippen molar-refractivity contribution in [2.24, 2.45) is 0 Å². The molecule has 2 aromatic heterocycles. The van der Waals surface area contributed by atoms with Gasteiger partial charge in [0.2, 0.25) is 8.32 Å². The van der Waals surface area contributed by atoms with E-state index in [-0.39, 0.29) is 17.9 Å². The van der Waals surface area contributed by atoms with Crippen LogP contribution in [-0.4, -0.2) is 59.4 Å². The topological polar surface area (TPSA) is 83.6 Å². The molecule has 1 aliphatic heterocycles. The SMILES string of the molecule is CC(C)(C)[Si](C)(C)Oc1ccc2c(c1)c(-c1cnn(CCCCOCCO)c1)nn2C1CCCCO1. The zero-order chi connectivity index (χ0) is 25.8. The third-order valence-electron chi connectivity index (χ3n) is 7.35. The Morgan fingerprint density at radius 1 is 1.17 bits per heavy atom. The van der Waals surface area contributed by atoms with Crippen molar-refractivity contribution < 1.29 is 19.0 Å². The summed E-state index contributed by atoms with van der Waals surface area (Å²) < 4.78 is 22.1. The van der Waals surface area contributed by atoms with E-state index < -0.39 is 8.32 Å². The molecule has 3 heterocycles. The molecule has 1 saturated heterocycles. The normalized spacial score (nSPS) is 17.1. The number of aromatic nitrogens is 4. The molecule has 0 bridgehead atoms. The first-order valence-electron chi connectivity index (χ1n) is 13.2. The Balaban J connectivity index is 1.61. The molecule has 1 atom stereocenters. The van der Waals surface area contributed by atoms with Crippen LogP contribution in [0.3, 0.4) is 0 Å². The van der Waals surface area contributed by atoms with Crippen molar-refractivity contribution >= 4 is 19.2 Å². The van der Waals surface area contributed by atoms with Crippen molar-refractivity contribution in [1.82, 2.24) is 19.6 Å².